The molecule has 2 aromatic carbocycles. The Morgan fingerprint density at radius 1 is 1.04 bits per heavy atom. The lowest BCUT2D eigenvalue weighted by molar-refractivity contribution is -0.144. The largest absolute Gasteiger partial charge is 0.496 e. The molecule has 4 atom stereocenters. The fraction of sp³-hybridized carbons (Fsp3) is 0.526. The van der Waals surface area contributed by atoms with Crippen LogP contribution in [0.25, 0.3) is 0 Å². The highest BCUT2D eigenvalue weighted by atomic mass is 35.5. The molecule has 53 heavy (non-hydrogen) atoms. The molecule has 286 valence electrons. The summed E-state index contributed by atoms with van der Waals surface area (Å²) in [5, 5.41) is 12.9. The lowest BCUT2D eigenvalue weighted by Crippen LogP contribution is -2.59. The Bertz CT molecular complexity index is 1740. The number of Topliss-reactive ketones (excluding diaryl/α,β-unsaturated/α-hetero) is 1. The molecule has 4 amide bonds. The summed E-state index contributed by atoms with van der Waals surface area (Å²) in [5.74, 6) is -1.86. The number of oxime groups is 1. The molecule has 2 fully saturated rings. The standard InChI is InChI=1S/C38H48ClN5O9/c1-7-11-26(31(45)34(47)40-23-14-15-23)41-33(46)28-19-38(18-27(43-53-38)24-16-25(39)30(51-6)17-29(24)50-5)21-44(28)35(48)32(37(2,3)4)42-36(49)52-20-22-12-9-8-10-13-22/h8-10,12-13,16-17,23,26,28,32H,7,11,14-15,18-21H2,1-6H3,(H,40,47)(H,41,46)(H,42,49)/t26-,28-,32+,38?/m0/s1. The Hall–Kier alpha value is -4.85. The van der Waals surface area contributed by atoms with Gasteiger partial charge in [-0.15, -0.1) is 0 Å². The van der Waals surface area contributed by atoms with Crippen LogP contribution in [0.5, 0.6) is 11.5 Å². The Morgan fingerprint density at radius 3 is 2.36 bits per heavy atom. The number of nitrogens with one attached hydrogen (secondary N) is 3. The van der Waals surface area contributed by atoms with Crippen LogP contribution in [0.4, 0.5) is 4.79 Å². The number of alkyl carbamates (subject to hydrolysis) is 1. The van der Waals surface area contributed by atoms with E-state index in [1.807, 2.05) is 37.3 Å². The monoisotopic (exact) mass is 753 g/mol. The predicted octanol–water partition coefficient (Wildman–Crippen LogP) is 4.30. The second-order valence-corrected chi connectivity index (χ2v) is 15.2. The molecule has 2 aliphatic heterocycles. The van der Waals surface area contributed by atoms with Gasteiger partial charge in [0.1, 0.15) is 30.2 Å². The Balaban J connectivity index is 1.41. The van der Waals surface area contributed by atoms with Gasteiger partial charge in [-0.1, -0.05) is 81.2 Å². The van der Waals surface area contributed by atoms with E-state index in [4.69, 9.17) is 30.6 Å². The van der Waals surface area contributed by atoms with Crippen molar-refractivity contribution in [1.29, 1.82) is 0 Å². The SMILES string of the molecule is CCC[C@H](NC(=O)[C@@H]1CC2(CC(c3cc(Cl)c(OC)cc3OC)=NO2)CN1C(=O)[C@@H](NC(=O)OCc1ccccc1)C(C)(C)C)C(=O)C(=O)NC1CC1. The third-order valence-corrected chi connectivity index (χ3v) is 9.84. The minimum Gasteiger partial charge on any atom is -0.496 e. The number of rotatable bonds is 14. The molecular weight excluding hydrogens is 706 g/mol. The molecule has 1 aliphatic carbocycles. The number of methoxy groups -OCH3 is 2. The average Bonchev–Trinajstić information content (AvgIpc) is 3.73. The average molecular weight is 754 g/mol. The van der Waals surface area contributed by atoms with Crippen LogP contribution in [0.2, 0.25) is 5.02 Å². The van der Waals surface area contributed by atoms with Gasteiger partial charge in [0, 0.05) is 30.5 Å². The van der Waals surface area contributed by atoms with Gasteiger partial charge >= 0.3 is 6.09 Å². The molecular formula is C38H48ClN5O9. The summed E-state index contributed by atoms with van der Waals surface area (Å²) in [5.41, 5.74) is -0.191. The van der Waals surface area contributed by atoms with Gasteiger partial charge in [0.2, 0.25) is 17.6 Å². The molecule has 0 aromatic heterocycles. The van der Waals surface area contributed by atoms with Gasteiger partial charge in [0.25, 0.3) is 5.91 Å². The molecule has 2 aromatic rings. The van der Waals surface area contributed by atoms with E-state index in [0.717, 1.165) is 18.4 Å². The van der Waals surface area contributed by atoms with Gasteiger partial charge < -0.3 is 39.9 Å². The van der Waals surface area contributed by atoms with Crippen LogP contribution in [0.1, 0.15) is 77.3 Å². The topological polar surface area (TPSA) is 174 Å². The number of ether oxygens (including phenoxy) is 3. The first kappa shape index (κ1) is 39.4. The van der Waals surface area contributed by atoms with E-state index >= 15 is 0 Å². The number of benzene rings is 2. The number of hydrogen-bond acceptors (Lipinski definition) is 10. The van der Waals surface area contributed by atoms with E-state index in [1.165, 1.54) is 19.1 Å². The van der Waals surface area contributed by atoms with Crippen LogP contribution in [0.15, 0.2) is 47.6 Å². The van der Waals surface area contributed by atoms with E-state index < -0.39 is 58.7 Å². The van der Waals surface area contributed by atoms with Gasteiger partial charge in [-0.3, -0.25) is 19.2 Å². The molecule has 1 spiro atoms. The minimum absolute atomic E-state index is 0.000395. The summed E-state index contributed by atoms with van der Waals surface area (Å²) in [4.78, 5) is 75.3. The molecule has 0 radical (unpaired) electrons. The van der Waals surface area contributed by atoms with Gasteiger partial charge in [-0.2, -0.15) is 0 Å². The van der Waals surface area contributed by atoms with E-state index in [2.05, 4.69) is 21.1 Å². The number of hydrogen-bond donors (Lipinski definition) is 3. The first-order valence-electron chi connectivity index (χ1n) is 17.8. The molecule has 3 aliphatic rings. The Labute approximate surface area is 314 Å². The normalized spacial score (nSPS) is 20.5. The quantitative estimate of drug-likeness (QED) is 0.238. The number of halogens is 1. The number of nitrogens with zero attached hydrogens (tertiary/aromatic N) is 2. The van der Waals surface area contributed by atoms with Crippen molar-refractivity contribution in [1.82, 2.24) is 20.9 Å². The van der Waals surface area contributed by atoms with E-state index in [9.17, 15) is 24.0 Å². The maximum Gasteiger partial charge on any atom is 0.408 e. The fourth-order valence-electron chi connectivity index (χ4n) is 6.52. The van der Waals surface area contributed by atoms with Crippen LogP contribution < -0.4 is 25.4 Å². The second kappa shape index (κ2) is 16.4. The summed E-state index contributed by atoms with van der Waals surface area (Å²) in [7, 11) is 2.99. The van der Waals surface area contributed by atoms with Crippen molar-refractivity contribution in [2.45, 2.75) is 103 Å². The molecule has 15 heteroatoms. The third kappa shape index (κ3) is 9.39. The smallest absolute Gasteiger partial charge is 0.408 e. The van der Waals surface area contributed by atoms with Crippen LogP contribution in [-0.4, -0.2) is 90.7 Å². The first-order valence-corrected chi connectivity index (χ1v) is 18.2. The lowest BCUT2D eigenvalue weighted by atomic mass is 9.85. The van der Waals surface area contributed by atoms with Crippen molar-refractivity contribution in [2.24, 2.45) is 10.6 Å². The highest BCUT2D eigenvalue weighted by molar-refractivity contribution is 6.38. The fourth-order valence-corrected chi connectivity index (χ4v) is 6.77. The maximum absolute atomic E-state index is 14.6. The van der Waals surface area contributed by atoms with E-state index in [0.29, 0.717) is 34.2 Å². The van der Waals surface area contributed by atoms with Crippen molar-refractivity contribution in [3.05, 3.63) is 58.6 Å². The van der Waals surface area contributed by atoms with Crippen molar-refractivity contribution in [3.63, 3.8) is 0 Å². The summed E-state index contributed by atoms with van der Waals surface area (Å²) in [6.45, 7) is 7.11. The zero-order valence-electron chi connectivity index (χ0n) is 31.0. The number of amides is 4. The van der Waals surface area contributed by atoms with Crippen LogP contribution in [0.3, 0.4) is 0 Å². The molecule has 2 heterocycles. The zero-order chi connectivity index (χ0) is 38.5. The van der Waals surface area contributed by atoms with Crippen LogP contribution in [-0.2, 0) is 35.4 Å². The predicted molar refractivity (Wildman–Crippen MR) is 196 cm³/mol. The number of carbonyl (C=O) groups excluding carboxylic acids is 5. The maximum atomic E-state index is 14.6. The molecule has 0 bridgehead atoms. The highest BCUT2D eigenvalue weighted by Crippen LogP contribution is 2.42. The minimum atomic E-state index is -1.16. The highest BCUT2D eigenvalue weighted by Gasteiger charge is 2.56. The lowest BCUT2D eigenvalue weighted by Gasteiger charge is -2.35. The van der Waals surface area contributed by atoms with Crippen molar-refractivity contribution in [2.75, 3.05) is 20.8 Å². The van der Waals surface area contributed by atoms with Crippen LogP contribution in [0, 0.1) is 5.41 Å². The molecule has 1 saturated carbocycles. The number of ketones is 1. The Morgan fingerprint density at radius 2 is 1.74 bits per heavy atom. The van der Waals surface area contributed by atoms with Gasteiger partial charge in [0.05, 0.1) is 37.5 Å². The van der Waals surface area contributed by atoms with E-state index in [1.54, 1.807) is 32.9 Å². The van der Waals surface area contributed by atoms with Crippen molar-refractivity contribution in [3.8, 4) is 11.5 Å². The van der Waals surface area contributed by atoms with Crippen molar-refractivity contribution >= 4 is 46.9 Å². The molecule has 5 rings (SSSR count). The van der Waals surface area contributed by atoms with Gasteiger partial charge in [0.15, 0.2) is 5.60 Å². The van der Waals surface area contributed by atoms with Crippen LogP contribution >= 0.6 is 11.6 Å². The summed E-state index contributed by atoms with van der Waals surface area (Å²) in [6, 6.07) is 8.98. The third-order valence-electron chi connectivity index (χ3n) is 9.54. The summed E-state index contributed by atoms with van der Waals surface area (Å²) < 4.78 is 16.4. The first-order chi connectivity index (χ1) is 25.2. The molecule has 14 nitrogen and oxygen atoms in total. The summed E-state index contributed by atoms with van der Waals surface area (Å²) >= 11 is 6.46. The molecule has 1 saturated heterocycles. The Kier molecular flexibility index (Phi) is 12.2. The summed E-state index contributed by atoms with van der Waals surface area (Å²) in [6.07, 6.45) is 1.69. The zero-order valence-corrected chi connectivity index (χ0v) is 31.7. The number of likely N-dealkylation sites (tertiary alicyclic amines) is 1. The van der Waals surface area contributed by atoms with Gasteiger partial charge in [-0.25, -0.2) is 4.79 Å². The van der Waals surface area contributed by atoms with E-state index in [-0.39, 0.29) is 38.5 Å². The number of carbonyl (C=O) groups is 5. The van der Waals surface area contributed by atoms with Gasteiger partial charge in [-0.05, 0) is 36.3 Å². The molecule has 3 N–H and O–H groups in total. The molecule has 1 unspecified atom stereocenters. The van der Waals surface area contributed by atoms with Crippen molar-refractivity contribution < 1.29 is 43.0 Å². The second-order valence-electron chi connectivity index (χ2n) is 14.8.